The highest BCUT2D eigenvalue weighted by Gasteiger charge is 2.53. The van der Waals surface area contributed by atoms with Crippen molar-refractivity contribution in [3.05, 3.63) is 59.7 Å². The van der Waals surface area contributed by atoms with Crippen LogP contribution >= 0.6 is 0 Å². The number of hydrogen-bond acceptors (Lipinski definition) is 4. The molecule has 0 aromatic heterocycles. The number of carbonyl (C=O) groups is 3. The predicted molar refractivity (Wildman–Crippen MR) is 131 cm³/mol. The molecule has 0 spiro atoms. The molecule has 0 unspecified atom stereocenters. The molecule has 3 aliphatic carbocycles. The summed E-state index contributed by atoms with van der Waals surface area (Å²) in [5.41, 5.74) is 2.72. The van der Waals surface area contributed by atoms with E-state index < -0.39 is 23.0 Å². The van der Waals surface area contributed by atoms with Gasteiger partial charge in [0.2, 0.25) is 5.91 Å². The molecule has 2 aromatic rings. The smallest absolute Gasteiger partial charge is 0.407 e. The van der Waals surface area contributed by atoms with Crippen LogP contribution in [0.3, 0.4) is 0 Å². The van der Waals surface area contributed by atoms with Crippen LogP contribution in [-0.2, 0) is 14.3 Å². The molecule has 0 radical (unpaired) electrons. The van der Waals surface area contributed by atoms with E-state index >= 15 is 0 Å². The van der Waals surface area contributed by atoms with Crippen molar-refractivity contribution in [1.29, 1.82) is 0 Å². The lowest BCUT2D eigenvalue weighted by Gasteiger charge is -2.46. The Balaban J connectivity index is 1.22. The minimum atomic E-state index is -1.14. The van der Waals surface area contributed by atoms with Crippen molar-refractivity contribution < 1.29 is 24.2 Å². The molecule has 0 atom stereocenters. The van der Waals surface area contributed by atoms with Gasteiger partial charge in [-0.2, -0.15) is 0 Å². The maximum Gasteiger partial charge on any atom is 0.407 e. The summed E-state index contributed by atoms with van der Waals surface area (Å²) in [4.78, 5) is 39.7. The third-order valence-corrected chi connectivity index (χ3v) is 8.45. The van der Waals surface area contributed by atoms with E-state index in [9.17, 15) is 19.5 Å². The van der Waals surface area contributed by atoms with Crippen molar-refractivity contribution in [2.24, 2.45) is 5.41 Å². The molecular formula is C28H32N2O5. The molecule has 7 nitrogen and oxygen atoms in total. The van der Waals surface area contributed by atoms with E-state index in [1.54, 1.807) is 7.05 Å². The fourth-order valence-corrected chi connectivity index (χ4v) is 6.16. The zero-order valence-corrected chi connectivity index (χ0v) is 20.1. The number of carboxylic acids is 1. The molecule has 2 aromatic carbocycles. The van der Waals surface area contributed by atoms with Crippen LogP contribution < -0.4 is 5.32 Å². The molecule has 0 aliphatic heterocycles. The van der Waals surface area contributed by atoms with Gasteiger partial charge in [-0.25, -0.2) is 9.59 Å². The molecule has 3 aliphatic rings. The second-order valence-electron chi connectivity index (χ2n) is 10.2. The van der Waals surface area contributed by atoms with E-state index in [4.69, 9.17) is 4.74 Å². The number of nitrogens with one attached hydrogen (secondary N) is 1. The number of aliphatic carboxylic acids is 1. The zero-order chi connectivity index (χ0) is 24.6. The maximum absolute atomic E-state index is 13.5. The summed E-state index contributed by atoms with van der Waals surface area (Å²) in [7, 11) is 1.61. The van der Waals surface area contributed by atoms with Gasteiger partial charge in [-0.1, -0.05) is 67.8 Å². The number of ether oxygens (including phenoxy) is 1. The molecule has 2 amide bonds. The third-order valence-electron chi connectivity index (χ3n) is 8.45. The van der Waals surface area contributed by atoms with Crippen LogP contribution in [-0.4, -0.2) is 53.7 Å². The number of fused-ring (bicyclic) bond motifs is 3. The van der Waals surface area contributed by atoms with E-state index in [1.807, 2.05) is 24.3 Å². The largest absolute Gasteiger partial charge is 0.479 e. The van der Waals surface area contributed by atoms with Gasteiger partial charge in [-0.3, -0.25) is 4.79 Å². The number of likely N-dealkylation sites (N-methyl/N-ethyl adjacent to an activating group) is 1. The van der Waals surface area contributed by atoms with E-state index in [0.717, 1.165) is 30.4 Å². The van der Waals surface area contributed by atoms with Gasteiger partial charge in [0.05, 0.1) is 5.41 Å². The highest BCUT2D eigenvalue weighted by molar-refractivity contribution is 5.91. The molecule has 2 N–H and O–H groups in total. The van der Waals surface area contributed by atoms with Crippen LogP contribution in [0.5, 0.6) is 0 Å². The number of carboxylic acid groups (broad SMARTS) is 1. The quantitative estimate of drug-likeness (QED) is 0.611. The van der Waals surface area contributed by atoms with Crippen LogP contribution in [0.2, 0.25) is 0 Å². The van der Waals surface area contributed by atoms with E-state index in [1.165, 1.54) is 16.0 Å². The van der Waals surface area contributed by atoms with Crippen LogP contribution in [0.4, 0.5) is 4.79 Å². The number of hydrogen-bond donors (Lipinski definition) is 2. The minimum Gasteiger partial charge on any atom is -0.479 e. The standard InChI is InChI=1S/C28H32N2O5/c1-30(28(25(32)33)15-6-7-16-28)24(31)27(13-8-14-27)18-29-26(34)35-17-23-21-11-4-2-9-19(21)20-10-3-5-12-22(20)23/h2-5,9-12,23H,6-8,13-18H2,1H3,(H,29,34)(H,32,33). The number of carbonyl (C=O) groups excluding carboxylic acids is 2. The van der Waals surface area contributed by atoms with Crippen LogP contribution in [0.25, 0.3) is 11.1 Å². The second kappa shape index (κ2) is 9.02. The van der Waals surface area contributed by atoms with E-state index in [0.29, 0.717) is 25.7 Å². The van der Waals surface area contributed by atoms with Crippen LogP contribution in [0.1, 0.15) is 62.0 Å². The van der Waals surface area contributed by atoms with Gasteiger partial charge < -0.3 is 20.1 Å². The molecule has 5 rings (SSSR count). The second-order valence-corrected chi connectivity index (χ2v) is 10.2. The topological polar surface area (TPSA) is 95.9 Å². The number of amides is 2. The van der Waals surface area contributed by atoms with Gasteiger partial charge in [0.25, 0.3) is 0 Å². The summed E-state index contributed by atoms with van der Waals surface area (Å²) in [6.45, 7) is 0.366. The summed E-state index contributed by atoms with van der Waals surface area (Å²) in [5.74, 6) is -1.16. The van der Waals surface area contributed by atoms with Gasteiger partial charge in [-0.15, -0.1) is 0 Å². The Hall–Kier alpha value is -3.35. The van der Waals surface area contributed by atoms with Crippen molar-refractivity contribution >= 4 is 18.0 Å². The Kier molecular flexibility index (Phi) is 6.03. The third kappa shape index (κ3) is 3.87. The number of nitrogens with zero attached hydrogens (tertiary/aromatic N) is 1. The van der Waals surface area contributed by atoms with Crippen LogP contribution in [0.15, 0.2) is 48.5 Å². The lowest BCUT2D eigenvalue weighted by atomic mass is 9.67. The van der Waals surface area contributed by atoms with Crippen molar-refractivity contribution in [2.45, 2.75) is 56.4 Å². The molecular weight excluding hydrogens is 444 g/mol. The average Bonchev–Trinajstić information content (AvgIpc) is 3.46. The molecule has 0 heterocycles. The van der Waals surface area contributed by atoms with Gasteiger partial charge in [0.15, 0.2) is 0 Å². The lowest BCUT2D eigenvalue weighted by molar-refractivity contribution is -0.164. The van der Waals surface area contributed by atoms with Gasteiger partial charge >= 0.3 is 12.1 Å². The van der Waals surface area contributed by atoms with Crippen molar-refractivity contribution in [2.75, 3.05) is 20.2 Å². The SMILES string of the molecule is CN(C(=O)C1(CNC(=O)OCC2c3ccccc3-c3ccccc32)CCC1)C1(C(=O)O)CCCC1. The van der Waals surface area contributed by atoms with Crippen LogP contribution in [0, 0.1) is 5.41 Å². The molecule has 0 saturated heterocycles. The Morgan fingerprint density at radius 1 is 0.943 bits per heavy atom. The Labute approximate surface area is 205 Å². The normalized spacial score (nSPS) is 19.2. The lowest BCUT2D eigenvalue weighted by Crippen LogP contribution is -2.61. The first-order valence-electron chi connectivity index (χ1n) is 12.5. The van der Waals surface area contributed by atoms with Crippen molar-refractivity contribution in [1.82, 2.24) is 10.2 Å². The first-order valence-corrected chi connectivity index (χ1v) is 12.5. The molecule has 184 valence electrons. The highest BCUT2D eigenvalue weighted by Crippen LogP contribution is 2.46. The summed E-state index contributed by atoms with van der Waals surface area (Å²) < 4.78 is 5.63. The molecule has 2 fully saturated rings. The first kappa shape index (κ1) is 23.4. The summed E-state index contributed by atoms with van der Waals surface area (Å²) in [6, 6.07) is 16.3. The van der Waals surface area contributed by atoms with Gasteiger partial charge in [-0.05, 0) is 47.9 Å². The fourth-order valence-electron chi connectivity index (χ4n) is 6.16. The minimum absolute atomic E-state index is 0.0311. The predicted octanol–water partition coefficient (Wildman–Crippen LogP) is 4.55. The molecule has 35 heavy (non-hydrogen) atoms. The monoisotopic (exact) mass is 476 g/mol. The maximum atomic E-state index is 13.5. The Morgan fingerprint density at radius 3 is 2.03 bits per heavy atom. The fraction of sp³-hybridized carbons (Fsp3) is 0.464. The van der Waals surface area contributed by atoms with E-state index in [-0.39, 0.29) is 25.0 Å². The molecule has 2 saturated carbocycles. The summed E-state index contributed by atoms with van der Waals surface area (Å²) >= 11 is 0. The number of rotatable bonds is 7. The Bertz CT molecular complexity index is 1100. The first-order chi connectivity index (χ1) is 16.9. The van der Waals surface area contributed by atoms with Crippen molar-refractivity contribution in [3.63, 3.8) is 0 Å². The van der Waals surface area contributed by atoms with Gasteiger partial charge in [0, 0.05) is 19.5 Å². The van der Waals surface area contributed by atoms with E-state index in [2.05, 4.69) is 29.6 Å². The Morgan fingerprint density at radius 2 is 1.51 bits per heavy atom. The summed E-state index contributed by atoms with van der Waals surface area (Å²) in [5, 5.41) is 12.7. The summed E-state index contributed by atoms with van der Waals surface area (Å²) in [6.07, 6.45) is 4.14. The molecule has 0 bridgehead atoms. The highest BCUT2D eigenvalue weighted by atomic mass is 16.5. The van der Waals surface area contributed by atoms with Gasteiger partial charge in [0.1, 0.15) is 12.1 Å². The van der Waals surface area contributed by atoms with Crippen molar-refractivity contribution in [3.8, 4) is 11.1 Å². The average molecular weight is 477 g/mol. The number of alkyl carbamates (subject to hydrolysis) is 1. The molecule has 7 heteroatoms. The number of benzene rings is 2. The zero-order valence-electron chi connectivity index (χ0n) is 20.1.